The van der Waals surface area contributed by atoms with Gasteiger partial charge in [-0.1, -0.05) is 0 Å². The van der Waals surface area contributed by atoms with Gasteiger partial charge in [-0.3, -0.25) is 4.79 Å². The Morgan fingerprint density at radius 2 is 2.09 bits per heavy atom. The van der Waals surface area contributed by atoms with Crippen LogP contribution in [0.5, 0.6) is 5.88 Å². The molecule has 22 heavy (non-hydrogen) atoms. The number of pyridine rings is 2. The lowest BCUT2D eigenvalue weighted by molar-refractivity contribution is 0.0695. The number of hydrogen-bond acceptors (Lipinski definition) is 4. The second-order valence-corrected chi connectivity index (χ2v) is 5.82. The highest BCUT2D eigenvalue weighted by Gasteiger charge is 2.21. The van der Waals surface area contributed by atoms with Gasteiger partial charge in [0.05, 0.1) is 5.39 Å². The first-order valence-electron chi connectivity index (χ1n) is 6.80. The summed E-state index contributed by atoms with van der Waals surface area (Å²) >= 11 is 0. The van der Waals surface area contributed by atoms with Crippen molar-refractivity contribution in [1.29, 1.82) is 0 Å². The molecule has 0 radical (unpaired) electrons. The summed E-state index contributed by atoms with van der Waals surface area (Å²) < 4.78 is 21.0. The highest BCUT2D eigenvalue weighted by molar-refractivity contribution is 5.91. The molecule has 0 aliphatic rings. The number of halogens is 1. The van der Waals surface area contributed by atoms with Crippen LogP contribution in [0.15, 0.2) is 17.1 Å². The Kier molecular flexibility index (Phi) is 3.91. The van der Waals surface area contributed by atoms with E-state index in [0.717, 1.165) is 6.07 Å². The van der Waals surface area contributed by atoms with Gasteiger partial charge < -0.3 is 14.4 Å². The van der Waals surface area contributed by atoms with Crippen LogP contribution in [0.3, 0.4) is 0 Å². The average molecular weight is 308 g/mol. The van der Waals surface area contributed by atoms with Crippen LogP contribution >= 0.6 is 0 Å². The Morgan fingerprint density at radius 1 is 1.45 bits per heavy atom. The second kappa shape index (κ2) is 5.40. The fourth-order valence-corrected chi connectivity index (χ4v) is 2.02. The van der Waals surface area contributed by atoms with Crippen molar-refractivity contribution < 1.29 is 19.0 Å². The number of carboxylic acids is 1. The summed E-state index contributed by atoms with van der Waals surface area (Å²) in [5.41, 5.74) is -1.64. The van der Waals surface area contributed by atoms with Gasteiger partial charge in [-0.2, -0.15) is 4.98 Å². The molecule has 0 fully saturated rings. The van der Waals surface area contributed by atoms with Gasteiger partial charge >= 0.3 is 5.97 Å². The first kappa shape index (κ1) is 15.9. The van der Waals surface area contributed by atoms with E-state index in [1.165, 1.54) is 10.8 Å². The van der Waals surface area contributed by atoms with Crippen LogP contribution in [0.25, 0.3) is 11.0 Å². The van der Waals surface area contributed by atoms with Crippen molar-refractivity contribution in [2.45, 2.75) is 39.8 Å². The third kappa shape index (κ3) is 2.93. The van der Waals surface area contributed by atoms with Gasteiger partial charge in [0.15, 0.2) is 5.82 Å². The zero-order chi connectivity index (χ0) is 16.7. The van der Waals surface area contributed by atoms with E-state index in [0.29, 0.717) is 6.54 Å². The molecule has 0 bridgehead atoms. The summed E-state index contributed by atoms with van der Waals surface area (Å²) in [5.74, 6) is -2.38. The van der Waals surface area contributed by atoms with E-state index in [9.17, 15) is 14.0 Å². The van der Waals surface area contributed by atoms with Crippen molar-refractivity contribution in [2.75, 3.05) is 0 Å². The van der Waals surface area contributed by atoms with Crippen molar-refractivity contribution in [1.82, 2.24) is 9.55 Å². The van der Waals surface area contributed by atoms with E-state index in [2.05, 4.69) is 4.98 Å². The van der Waals surface area contributed by atoms with Crippen LogP contribution in [-0.2, 0) is 6.54 Å². The van der Waals surface area contributed by atoms with Crippen molar-refractivity contribution in [3.05, 3.63) is 33.9 Å². The Balaban J connectivity index is 2.80. The molecule has 0 saturated heterocycles. The molecule has 6 nitrogen and oxygen atoms in total. The number of carbonyl (C=O) groups is 1. The fourth-order valence-electron chi connectivity index (χ4n) is 2.02. The maximum atomic E-state index is 14.1. The number of aromatic nitrogens is 2. The number of hydrogen-bond donors (Lipinski definition) is 1. The van der Waals surface area contributed by atoms with E-state index in [1.807, 2.05) is 0 Å². The first-order chi connectivity index (χ1) is 10.1. The van der Waals surface area contributed by atoms with Gasteiger partial charge in [-0.05, 0) is 33.8 Å². The number of rotatable bonds is 3. The summed E-state index contributed by atoms with van der Waals surface area (Å²) in [6.07, 6.45) is 1.21. The molecule has 7 heteroatoms. The lowest BCUT2D eigenvalue weighted by Gasteiger charge is -2.21. The molecule has 1 N–H and O–H groups in total. The Morgan fingerprint density at radius 3 is 2.59 bits per heavy atom. The molecule has 0 spiro atoms. The number of aromatic carboxylic acids is 1. The predicted molar refractivity (Wildman–Crippen MR) is 79.0 cm³/mol. The average Bonchev–Trinajstić information content (AvgIpc) is 2.39. The van der Waals surface area contributed by atoms with Gasteiger partial charge in [-0.25, -0.2) is 9.18 Å². The summed E-state index contributed by atoms with van der Waals surface area (Å²) in [5, 5.41) is 8.99. The van der Waals surface area contributed by atoms with Crippen LogP contribution < -0.4 is 10.2 Å². The molecule has 0 aliphatic heterocycles. The molecule has 0 aromatic carbocycles. The van der Waals surface area contributed by atoms with Gasteiger partial charge in [0.25, 0.3) is 5.88 Å². The molecule has 0 unspecified atom stereocenters. The lowest BCUT2D eigenvalue weighted by Crippen LogP contribution is -2.25. The van der Waals surface area contributed by atoms with Crippen molar-refractivity contribution in [3.8, 4) is 5.88 Å². The van der Waals surface area contributed by atoms with Crippen LogP contribution in [0.4, 0.5) is 4.39 Å². The van der Waals surface area contributed by atoms with Gasteiger partial charge in [0, 0.05) is 12.7 Å². The zero-order valence-corrected chi connectivity index (χ0v) is 12.8. The van der Waals surface area contributed by atoms with E-state index in [1.54, 1.807) is 27.7 Å². The molecular weight excluding hydrogens is 291 g/mol. The minimum absolute atomic E-state index is 0.0829. The van der Waals surface area contributed by atoms with E-state index < -0.39 is 28.4 Å². The minimum atomic E-state index is -1.36. The predicted octanol–water partition coefficient (Wildman–Crippen LogP) is 2.43. The van der Waals surface area contributed by atoms with Crippen molar-refractivity contribution in [2.24, 2.45) is 0 Å². The van der Waals surface area contributed by atoms with Gasteiger partial charge in [0.1, 0.15) is 16.8 Å². The molecule has 0 saturated carbocycles. The Hall–Kier alpha value is -2.44. The fraction of sp³-hybridized carbons (Fsp3) is 0.400. The van der Waals surface area contributed by atoms with Crippen molar-refractivity contribution in [3.63, 3.8) is 0 Å². The molecular formula is C15H17FN2O4. The second-order valence-electron chi connectivity index (χ2n) is 5.82. The van der Waals surface area contributed by atoms with Crippen LogP contribution in [0, 0.1) is 5.82 Å². The molecule has 0 atom stereocenters. The van der Waals surface area contributed by atoms with Crippen LogP contribution in [0.2, 0.25) is 0 Å². The highest BCUT2D eigenvalue weighted by Crippen LogP contribution is 2.23. The number of carboxylic acid groups (broad SMARTS) is 1. The molecule has 2 heterocycles. The third-order valence-corrected chi connectivity index (χ3v) is 2.94. The smallest absolute Gasteiger partial charge is 0.341 e. The third-order valence-electron chi connectivity index (χ3n) is 2.94. The van der Waals surface area contributed by atoms with Crippen LogP contribution in [0.1, 0.15) is 38.1 Å². The molecule has 2 aromatic rings. The maximum absolute atomic E-state index is 14.1. The summed E-state index contributed by atoms with van der Waals surface area (Å²) in [7, 11) is 0. The van der Waals surface area contributed by atoms with E-state index in [4.69, 9.17) is 9.84 Å². The Bertz CT molecular complexity index is 806. The number of fused-ring (bicyclic) bond motifs is 1. The highest BCUT2D eigenvalue weighted by atomic mass is 19.1. The normalized spacial score (nSPS) is 11.7. The molecule has 0 aliphatic carbocycles. The van der Waals surface area contributed by atoms with Gasteiger partial charge in [0.2, 0.25) is 5.43 Å². The van der Waals surface area contributed by atoms with Crippen molar-refractivity contribution >= 4 is 17.0 Å². The van der Waals surface area contributed by atoms with Gasteiger partial charge in [-0.15, -0.1) is 0 Å². The summed E-state index contributed by atoms with van der Waals surface area (Å²) in [4.78, 5) is 27.3. The quantitative estimate of drug-likeness (QED) is 0.941. The molecule has 0 amide bonds. The molecule has 118 valence electrons. The monoisotopic (exact) mass is 308 g/mol. The SMILES string of the molecule is CCn1cc(C(=O)O)c(=O)c2cc(F)c(OC(C)(C)C)nc21. The zero-order valence-electron chi connectivity index (χ0n) is 12.8. The maximum Gasteiger partial charge on any atom is 0.341 e. The number of aryl methyl sites for hydroxylation is 1. The van der Waals surface area contributed by atoms with E-state index >= 15 is 0 Å². The first-order valence-corrected chi connectivity index (χ1v) is 6.80. The lowest BCUT2D eigenvalue weighted by atomic mass is 10.2. The molecule has 2 aromatic heterocycles. The standard InChI is InChI=1S/C15H17FN2O4/c1-5-18-7-9(14(20)21)11(19)8-6-10(16)13(17-12(8)18)22-15(2,3)4/h6-7H,5H2,1-4H3,(H,20,21). The largest absolute Gasteiger partial charge is 0.477 e. The van der Waals surface area contributed by atoms with E-state index in [-0.39, 0.29) is 16.9 Å². The molecule has 2 rings (SSSR count). The number of ether oxygens (including phenoxy) is 1. The minimum Gasteiger partial charge on any atom is -0.477 e. The van der Waals surface area contributed by atoms with Crippen LogP contribution in [-0.4, -0.2) is 26.2 Å². The number of nitrogens with zero attached hydrogens (tertiary/aromatic N) is 2. The summed E-state index contributed by atoms with van der Waals surface area (Å²) in [6.45, 7) is 7.39. The Labute approximate surface area is 126 Å². The topological polar surface area (TPSA) is 81.4 Å². The summed E-state index contributed by atoms with van der Waals surface area (Å²) in [6, 6.07) is 0.977.